The molecule has 0 aliphatic carbocycles. The van der Waals surface area contributed by atoms with Gasteiger partial charge < -0.3 is 10.5 Å². The van der Waals surface area contributed by atoms with Gasteiger partial charge in [-0.1, -0.05) is 11.6 Å². The monoisotopic (exact) mass is 293 g/mol. The number of aryl methyl sites for hydroxylation is 1. The van der Waals surface area contributed by atoms with Gasteiger partial charge in [0.25, 0.3) is 0 Å². The summed E-state index contributed by atoms with van der Waals surface area (Å²) in [5.74, 6) is -0.784. The smallest absolute Gasteiger partial charge is 0.350 e. The van der Waals surface area contributed by atoms with Crippen molar-refractivity contribution in [2.24, 2.45) is 0 Å². The standard InChI is InChI=1S/C15H16FNO2S/c1-4-19-15(18)14-12(17)9(3)13(20-14)10-7-8(2)5-6-11(10)16/h5-7H,4,17H2,1-3H3. The minimum Gasteiger partial charge on any atom is -0.462 e. The summed E-state index contributed by atoms with van der Waals surface area (Å²) in [7, 11) is 0. The quantitative estimate of drug-likeness (QED) is 0.872. The Balaban J connectivity index is 2.56. The van der Waals surface area contributed by atoms with Crippen LogP contribution in [0.4, 0.5) is 10.1 Å². The molecular weight excluding hydrogens is 277 g/mol. The normalized spacial score (nSPS) is 10.6. The first-order chi connectivity index (χ1) is 9.45. The van der Waals surface area contributed by atoms with Crippen molar-refractivity contribution in [1.82, 2.24) is 0 Å². The molecule has 0 spiro atoms. The lowest BCUT2D eigenvalue weighted by Gasteiger charge is -2.03. The fourth-order valence-corrected chi connectivity index (χ4v) is 3.08. The Hall–Kier alpha value is -1.88. The van der Waals surface area contributed by atoms with Crippen molar-refractivity contribution in [2.75, 3.05) is 12.3 Å². The Morgan fingerprint density at radius 1 is 1.40 bits per heavy atom. The summed E-state index contributed by atoms with van der Waals surface area (Å²) in [6, 6.07) is 4.88. The van der Waals surface area contributed by atoms with E-state index in [-0.39, 0.29) is 12.4 Å². The number of carbonyl (C=O) groups is 1. The number of benzene rings is 1. The van der Waals surface area contributed by atoms with E-state index in [0.29, 0.717) is 26.6 Å². The minimum atomic E-state index is -0.461. The van der Waals surface area contributed by atoms with Crippen molar-refractivity contribution in [2.45, 2.75) is 20.8 Å². The molecule has 2 N–H and O–H groups in total. The van der Waals surface area contributed by atoms with Crippen LogP contribution < -0.4 is 5.73 Å². The predicted molar refractivity (Wildman–Crippen MR) is 79.6 cm³/mol. The number of anilines is 1. The highest BCUT2D eigenvalue weighted by atomic mass is 32.1. The molecule has 5 heteroatoms. The van der Waals surface area contributed by atoms with Gasteiger partial charge in [0.05, 0.1) is 12.3 Å². The first-order valence-corrected chi connectivity index (χ1v) is 7.09. The second-order valence-corrected chi connectivity index (χ2v) is 5.52. The summed E-state index contributed by atoms with van der Waals surface area (Å²) in [6.45, 7) is 5.69. The van der Waals surface area contributed by atoms with Crippen molar-refractivity contribution >= 4 is 23.0 Å². The first-order valence-electron chi connectivity index (χ1n) is 6.28. The maximum absolute atomic E-state index is 14.0. The van der Waals surface area contributed by atoms with Gasteiger partial charge in [-0.3, -0.25) is 0 Å². The number of nitrogen functional groups attached to an aromatic ring is 1. The molecule has 0 saturated carbocycles. The van der Waals surface area contributed by atoms with Crippen molar-refractivity contribution in [1.29, 1.82) is 0 Å². The molecule has 0 radical (unpaired) electrons. The number of rotatable bonds is 3. The molecule has 0 aliphatic rings. The van der Waals surface area contributed by atoms with Gasteiger partial charge in [-0.05, 0) is 38.5 Å². The summed E-state index contributed by atoms with van der Waals surface area (Å²) in [4.78, 5) is 12.8. The van der Waals surface area contributed by atoms with E-state index in [9.17, 15) is 9.18 Å². The number of carbonyl (C=O) groups excluding carboxylic acids is 1. The lowest BCUT2D eigenvalue weighted by Crippen LogP contribution is -2.05. The fraction of sp³-hybridized carbons (Fsp3) is 0.267. The molecule has 0 bridgehead atoms. The van der Waals surface area contributed by atoms with E-state index >= 15 is 0 Å². The van der Waals surface area contributed by atoms with Crippen molar-refractivity contribution in [3.8, 4) is 10.4 Å². The molecular formula is C15H16FNO2S. The maximum Gasteiger partial charge on any atom is 0.350 e. The van der Waals surface area contributed by atoms with Gasteiger partial charge in [0.2, 0.25) is 0 Å². The van der Waals surface area contributed by atoms with Crippen LogP contribution in [0.1, 0.15) is 27.7 Å². The van der Waals surface area contributed by atoms with Gasteiger partial charge in [-0.25, -0.2) is 9.18 Å². The summed E-state index contributed by atoms with van der Waals surface area (Å²) in [5, 5.41) is 0. The first kappa shape index (κ1) is 14.5. The number of hydrogen-bond donors (Lipinski definition) is 1. The molecule has 2 rings (SSSR count). The Morgan fingerprint density at radius 3 is 2.75 bits per heavy atom. The van der Waals surface area contributed by atoms with Crippen LogP contribution >= 0.6 is 11.3 Å². The topological polar surface area (TPSA) is 52.3 Å². The Morgan fingerprint density at radius 2 is 2.10 bits per heavy atom. The van der Waals surface area contributed by atoms with Crippen LogP contribution in [-0.4, -0.2) is 12.6 Å². The third kappa shape index (κ3) is 2.54. The molecule has 1 aromatic carbocycles. The van der Waals surface area contributed by atoms with E-state index in [1.165, 1.54) is 17.4 Å². The van der Waals surface area contributed by atoms with Crippen LogP contribution in [-0.2, 0) is 4.74 Å². The van der Waals surface area contributed by atoms with Crippen LogP contribution in [0.15, 0.2) is 18.2 Å². The van der Waals surface area contributed by atoms with E-state index in [1.807, 2.05) is 6.92 Å². The molecule has 0 atom stereocenters. The van der Waals surface area contributed by atoms with Gasteiger partial charge in [0.1, 0.15) is 10.7 Å². The van der Waals surface area contributed by atoms with Gasteiger partial charge in [-0.15, -0.1) is 11.3 Å². The third-order valence-corrected chi connectivity index (χ3v) is 4.34. The molecule has 0 saturated heterocycles. The number of thiophene rings is 1. The van der Waals surface area contributed by atoms with Gasteiger partial charge >= 0.3 is 5.97 Å². The SMILES string of the molecule is CCOC(=O)c1sc(-c2cc(C)ccc2F)c(C)c1N. The second kappa shape index (κ2) is 5.63. The highest BCUT2D eigenvalue weighted by Gasteiger charge is 2.21. The molecule has 3 nitrogen and oxygen atoms in total. The lowest BCUT2D eigenvalue weighted by molar-refractivity contribution is 0.0533. The summed E-state index contributed by atoms with van der Waals surface area (Å²) in [5.41, 5.74) is 8.44. The number of esters is 1. The maximum atomic E-state index is 14.0. The summed E-state index contributed by atoms with van der Waals surface area (Å²) >= 11 is 1.17. The molecule has 2 aromatic rings. The van der Waals surface area contributed by atoms with Crippen LogP contribution in [0, 0.1) is 19.7 Å². The molecule has 20 heavy (non-hydrogen) atoms. The molecule has 0 aliphatic heterocycles. The zero-order valence-corrected chi connectivity index (χ0v) is 12.4. The number of ether oxygens (including phenoxy) is 1. The predicted octanol–water partition coefficient (Wildman–Crippen LogP) is 3.93. The third-order valence-electron chi connectivity index (χ3n) is 3.02. The Kier molecular flexibility index (Phi) is 4.09. The van der Waals surface area contributed by atoms with Crippen LogP contribution in [0.5, 0.6) is 0 Å². The van der Waals surface area contributed by atoms with Gasteiger partial charge in [0.15, 0.2) is 0 Å². The van der Waals surface area contributed by atoms with Crippen molar-refractivity contribution < 1.29 is 13.9 Å². The van der Waals surface area contributed by atoms with E-state index in [2.05, 4.69) is 0 Å². The van der Waals surface area contributed by atoms with Crippen LogP contribution in [0.25, 0.3) is 10.4 Å². The summed E-state index contributed by atoms with van der Waals surface area (Å²) < 4.78 is 18.9. The van der Waals surface area contributed by atoms with E-state index in [0.717, 1.165) is 5.56 Å². The highest BCUT2D eigenvalue weighted by Crippen LogP contribution is 2.39. The number of nitrogens with two attached hydrogens (primary N) is 1. The second-order valence-electron chi connectivity index (χ2n) is 4.50. The number of hydrogen-bond acceptors (Lipinski definition) is 4. The summed E-state index contributed by atoms with van der Waals surface area (Å²) in [6.07, 6.45) is 0. The molecule has 1 heterocycles. The molecule has 0 amide bonds. The average molecular weight is 293 g/mol. The van der Waals surface area contributed by atoms with E-state index in [4.69, 9.17) is 10.5 Å². The van der Waals surface area contributed by atoms with Gasteiger partial charge in [-0.2, -0.15) is 0 Å². The largest absolute Gasteiger partial charge is 0.462 e. The van der Waals surface area contributed by atoms with Gasteiger partial charge in [0, 0.05) is 10.4 Å². The molecule has 0 unspecified atom stereocenters. The Labute approximate surface area is 121 Å². The lowest BCUT2D eigenvalue weighted by atomic mass is 10.1. The molecule has 106 valence electrons. The zero-order valence-electron chi connectivity index (χ0n) is 11.6. The molecule has 1 aromatic heterocycles. The number of halogens is 1. The zero-order chi connectivity index (χ0) is 14.9. The molecule has 0 fully saturated rings. The van der Waals surface area contributed by atoms with E-state index < -0.39 is 5.97 Å². The average Bonchev–Trinajstić information content (AvgIpc) is 2.70. The van der Waals surface area contributed by atoms with Crippen molar-refractivity contribution in [3.63, 3.8) is 0 Å². The van der Waals surface area contributed by atoms with Crippen molar-refractivity contribution in [3.05, 3.63) is 40.0 Å². The highest BCUT2D eigenvalue weighted by molar-refractivity contribution is 7.18. The minimum absolute atomic E-state index is 0.281. The Bertz CT molecular complexity index is 664. The van der Waals surface area contributed by atoms with Crippen LogP contribution in [0.2, 0.25) is 0 Å². The fourth-order valence-electron chi connectivity index (χ4n) is 1.94. The van der Waals surface area contributed by atoms with E-state index in [1.54, 1.807) is 26.0 Å². The van der Waals surface area contributed by atoms with Crippen LogP contribution in [0.3, 0.4) is 0 Å².